The van der Waals surface area contributed by atoms with E-state index < -0.39 is 0 Å². The minimum Gasteiger partial charge on any atom is -0.310 e. The Morgan fingerprint density at radius 2 is 1.79 bits per heavy atom. The third-order valence-electron chi connectivity index (χ3n) is 4.10. The van der Waals surface area contributed by atoms with E-state index in [1.807, 2.05) is 0 Å². The van der Waals surface area contributed by atoms with Gasteiger partial charge in [-0.15, -0.1) is 0 Å². The summed E-state index contributed by atoms with van der Waals surface area (Å²) >= 11 is 0. The molecule has 0 radical (unpaired) electrons. The molecule has 1 N–H and O–H groups in total. The van der Waals surface area contributed by atoms with Gasteiger partial charge in [-0.3, -0.25) is 0 Å². The first-order valence-corrected chi connectivity index (χ1v) is 7.65. The zero-order valence-electron chi connectivity index (χ0n) is 13.3. The number of aryl methyl sites for hydroxylation is 1. The minimum absolute atomic E-state index is 0.477. The van der Waals surface area contributed by atoms with Crippen LogP contribution in [0.1, 0.15) is 49.9 Å². The molecule has 0 aliphatic carbocycles. The highest BCUT2D eigenvalue weighted by molar-refractivity contribution is 5.35. The first-order chi connectivity index (χ1) is 9.13. The zero-order chi connectivity index (χ0) is 14.3. The van der Waals surface area contributed by atoms with E-state index in [-0.39, 0.29) is 0 Å². The highest BCUT2D eigenvalue weighted by atomic mass is 15.1. The van der Waals surface area contributed by atoms with E-state index in [4.69, 9.17) is 0 Å². The van der Waals surface area contributed by atoms with Gasteiger partial charge >= 0.3 is 0 Å². The minimum atomic E-state index is 0.477. The Kier molecular flexibility index (Phi) is 7.11. The Morgan fingerprint density at radius 1 is 1.11 bits per heavy atom. The van der Waals surface area contributed by atoms with Gasteiger partial charge in [0.15, 0.2) is 0 Å². The first kappa shape index (κ1) is 16.2. The van der Waals surface area contributed by atoms with Gasteiger partial charge in [0, 0.05) is 6.04 Å². The number of rotatable bonds is 8. The van der Waals surface area contributed by atoms with Crippen LogP contribution in [0.5, 0.6) is 0 Å². The summed E-state index contributed by atoms with van der Waals surface area (Å²) in [5.74, 6) is 0. The van der Waals surface area contributed by atoms with Crippen LogP contribution in [0.25, 0.3) is 0 Å². The Hall–Kier alpha value is -0.860. The molecule has 1 aromatic rings. The predicted molar refractivity (Wildman–Crippen MR) is 84.7 cm³/mol. The monoisotopic (exact) mass is 262 g/mol. The molecular weight excluding hydrogens is 232 g/mol. The van der Waals surface area contributed by atoms with Gasteiger partial charge in [0.05, 0.1) is 0 Å². The van der Waals surface area contributed by atoms with Crippen LogP contribution in [0.15, 0.2) is 18.2 Å². The van der Waals surface area contributed by atoms with Crippen LogP contribution >= 0.6 is 0 Å². The Morgan fingerprint density at radius 3 is 2.37 bits per heavy atom. The number of benzene rings is 1. The molecule has 1 aromatic carbocycles. The van der Waals surface area contributed by atoms with E-state index in [1.54, 1.807) is 0 Å². The molecule has 0 aliphatic rings. The van der Waals surface area contributed by atoms with E-state index in [9.17, 15) is 0 Å². The van der Waals surface area contributed by atoms with Crippen molar-refractivity contribution in [3.63, 3.8) is 0 Å². The molecular formula is C17H30N2. The summed E-state index contributed by atoms with van der Waals surface area (Å²) in [7, 11) is 0. The highest BCUT2D eigenvalue weighted by Crippen LogP contribution is 2.23. The molecule has 1 unspecified atom stereocenters. The van der Waals surface area contributed by atoms with Gasteiger partial charge in [0.25, 0.3) is 0 Å². The van der Waals surface area contributed by atoms with Crippen molar-refractivity contribution < 1.29 is 0 Å². The average Bonchev–Trinajstić information content (AvgIpc) is 2.42. The fraction of sp³-hybridized carbons (Fsp3) is 0.647. The molecule has 0 spiro atoms. The topological polar surface area (TPSA) is 15.3 Å². The van der Waals surface area contributed by atoms with Gasteiger partial charge in [0.2, 0.25) is 0 Å². The SMILES string of the molecule is CCNC(CCN(CC)CC)c1cccc(C)c1C. The van der Waals surface area contributed by atoms with Gasteiger partial charge in [-0.25, -0.2) is 0 Å². The number of nitrogens with zero attached hydrogens (tertiary/aromatic N) is 1. The van der Waals surface area contributed by atoms with Crippen LogP contribution < -0.4 is 5.32 Å². The van der Waals surface area contributed by atoms with Crippen LogP contribution in [-0.4, -0.2) is 31.1 Å². The molecule has 2 heteroatoms. The third kappa shape index (κ3) is 4.63. The summed E-state index contributed by atoms with van der Waals surface area (Å²) in [5, 5.41) is 3.64. The number of hydrogen-bond acceptors (Lipinski definition) is 2. The van der Waals surface area contributed by atoms with E-state index in [2.05, 4.69) is 63.0 Å². The fourth-order valence-electron chi connectivity index (χ4n) is 2.62. The van der Waals surface area contributed by atoms with Gasteiger partial charge in [-0.2, -0.15) is 0 Å². The second-order valence-corrected chi connectivity index (χ2v) is 5.21. The lowest BCUT2D eigenvalue weighted by atomic mass is 9.95. The van der Waals surface area contributed by atoms with Crippen LogP contribution in [-0.2, 0) is 0 Å². The van der Waals surface area contributed by atoms with Gasteiger partial charge in [0.1, 0.15) is 0 Å². The highest BCUT2D eigenvalue weighted by Gasteiger charge is 2.14. The van der Waals surface area contributed by atoms with Crippen LogP contribution in [0, 0.1) is 13.8 Å². The third-order valence-corrected chi connectivity index (χ3v) is 4.10. The predicted octanol–water partition coefficient (Wildman–Crippen LogP) is 3.69. The second kappa shape index (κ2) is 8.34. The quantitative estimate of drug-likeness (QED) is 0.768. The van der Waals surface area contributed by atoms with Gasteiger partial charge in [-0.1, -0.05) is 39.0 Å². The molecule has 0 aliphatic heterocycles. The van der Waals surface area contributed by atoms with Gasteiger partial charge in [-0.05, 0) is 63.1 Å². The van der Waals surface area contributed by atoms with Crippen molar-refractivity contribution in [1.29, 1.82) is 0 Å². The summed E-state index contributed by atoms with van der Waals surface area (Å²) in [6, 6.07) is 7.13. The molecule has 0 heterocycles. The molecule has 0 aromatic heterocycles. The van der Waals surface area contributed by atoms with Crippen molar-refractivity contribution in [2.75, 3.05) is 26.2 Å². The standard InChI is InChI=1S/C17H30N2/c1-6-18-17(12-13-19(7-2)8-3)16-11-9-10-14(4)15(16)5/h9-11,17-18H,6-8,12-13H2,1-5H3. The van der Waals surface area contributed by atoms with Crippen molar-refractivity contribution in [2.24, 2.45) is 0 Å². The van der Waals surface area contributed by atoms with E-state index in [0.717, 1.165) is 26.2 Å². The lowest BCUT2D eigenvalue weighted by Gasteiger charge is -2.25. The molecule has 0 saturated carbocycles. The van der Waals surface area contributed by atoms with E-state index in [1.165, 1.54) is 23.1 Å². The normalized spacial score (nSPS) is 12.9. The first-order valence-electron chi connectivity index (χ1n) is 7.65. The van der Waals surface area contributed by atoms with Crippen molar-refractivity contribution >= 4 is 0 Å². The summed E-state index contributed by atoms with van der Waals surface area (Å²) < 4.78 is 0. The largest absolute Gasteiger partial charge is 0.310 e. The molecule has 2 nitrogen and oxygen atoms in total. The lowest BCUT2D eigenvalue weighted by Crippen LogP contribution is -2.29. The molecule has 19 heavy (non-hydrogen) atoms. The van der Waals surface area contributed by atoms with Crippen LogP contribution in [0.4, 0.5) is 0 Å². The Balaban J connectivity index is 2.79. The molecule has 0 saturated heterocycles. The second-order valence-electron chi connectivity index (χ2n) is 5.21. The van der Waals surface area contributed by atoms with Crippen molar-refractivity contribution in [3.8, 4) is 0 Å². The Bertz CT molecular complexity index is 370. The summed E-state index contributed by atoms with van der Waals surface area (Å²) in [6.07, 6.45) is 1.18. The lowest BCUT2D eigenvalue weighted by molar-refractivity contribution is 0.282. The van der Waals surface area contributed by atoms with Gasteiger partial charge < -0.3 is 10.2 Å². The smallest absolute Gasteiger partial charge is 0.0335 e. The zero-order valence-corrected chi connectivity index (χ0v) is 13.3. The summed E-state index contributed by atoms with van der Waals surface area (Å²) in [6.45, 7) is 15.6. The average molecular weight is 262 g/mol. The molecule has 108 valence electrons. The molecule has 0 fully saturated rings. The van der Waals surface area contributed by atoms with Crippen molar-refractivity contribution in [2.45, 2.75) is 47.1 Å². The van der Waals surface area contributed by atoms with Crippen molar-refractivity contribution in [1.82, 2.24) is 10.2 Å². The number of hydrogen-bond donors (Lipinski definition) is 1. The molecule has 0 amide bonds. The maximum Gasteiger partial charge on any atom is 0.0335 e. The van der Waals surface area contributed by atoms with Crippen LogP contribution in [0.3, 0.4) is 0 Å². The maximum atomic E-state index is 3.64. The molecule has 1 atom stereocenters. The molecule has 0 bridgehead atoms. The van der Waals surface area contributed by atoms with Crippen LogP contribution in [0.2, 0.25) is 0 Å². The fourth-order valence-corrected chi connectivity index (χ4v) is 2.62. The van der Waals surface area contributed by atoms with E-state index >= 15 is 0 Å². The maximum absolute atomic E-state index is 3.64. The molecule has 1 rings (SSSR count). The summed E-state index contributed by atoms with van der Waals surface area (Å²) in [5.41, 5.74) is 4.30. The summed E-state index contributed by atoms with van der Waals surface area (Å²) in [4.78, 5) is 2.50. The van der Waals surface area contributed by atoms with E-state index in [0.29, 0.717) is 6.04 Å². The van der Waals surface area contributed by atoms with Crippen molar-refractivity contribution in [3.05, 3.63) is 34.9 Å². The Labute approximate surface area is 119 Å². The number of nitrogens with one attached hydrogen (secondary N) is 1.